The standard InChI is InChI=1S/C9H13.C8H20PSi.2ClH.Ti/c1-6-5-7(2)9(4)8(6)3;1-7(2)9(8(3)4)10(5)6;;;/h5H,1-4H3;7-8H,1-6H3;2*1H;/q-1;;;;+3/p-2. The van der Waals surface area contributed by atoms with Crippen LogP contribution in [0.25, 0.3) is 0 Å². The Morgan fingerprint density at radius 2 is 1.05 bits per heavy atom. The van der Waals surface area contributed by atoms with Crippen molar-refractivity contribution in [1.82, 2.24) is 0 Å². The monoisotopic (exact) mass is 414 g/mol. The van der Waals surface area contributed by atoms with Gasteiger partial charge in [-0.05, 0) is 11.3 Å². The average Bonchev–Trinajstić information content (AvgIpc) is 2.44. The molecule has 1 aromatic carbocycles. The Morgan fingerprint density at radius 1 is 0.773 bits per heavy atom. The SMILES string of the molecule is CC(C)P(C(C)C)[Si](C)C.Cc1[cH-]c(C)c(C)c1C.[Cl-].[Cl-].[Ti+3]. The van der Waals surface area contributed by atoms with Gasteiger partial charge in [-0.25, -0.2) is 0 Å². The molecule has 0 aromatic heterocycles. The molecule has 0 nitrogen and oxygen atoms in total. The number of hydrogen-bond donors (Lipinski definition) is 0. The van der Waals surface area contributed by atoms with E-state index in [-0.39, 0.29) is 55.0 Å². The molecule has 0 fully saturated rings. The maximum atomic E-state index is 2.45. The van der Waals surface area contributed by atoms with Crippen molar-refractivity contribution in [3.63, 3.8) is 0 Å². The van der Waals surface area contributed by atoms with E-state index in [9.17, 15) is 0 Å². The summed E-state index contributed by atoms with van der Waals surface area (Å²) in [7, 11) is 0.357. The third kappa shape index (κ3) is 10.2. The van der Waals surface area contributed by atoms with Crippen molar-refractivity contribution in [1.29, 1.82) is 0 Å². The Hall–Kier alpha value is 1.29. The van der Waals surface area contributed by atoms with E-state index in [2.05, 4.69) is 74.6 Å². The normalized spacial score (nSPS) is 9.91. The first-order valence-electron chi connectivity index (χ1n) is 7.38. The molecule has 2 radical (unpaired) electrons. The van der Waals surface area contributed by atoms with Crippen LogP contribution in [0.4, 0.5) is 0 Å². The molecule has 0 saturated heterocycles. The van der Waals surface area contributed by atoms with E-state index in [1.165, 1.54) is 22.3 Å². The number of halogens is 2. The Bertz CT molecular complexity index is 349. The molecule has 0 aliphatic carbocycles. The minimum absolute atomic E-state index is 0. The second kappa shape index (κ2) is 14.6. The maximum Gasteiger partial charge on any atom is 3.00 e. The summed E-state index contributed by atoms with van der Waals surface area (Å²) in [6.07, 6.45) is 0. The van der Waals surface area contributed by atoms with Gasteiger partial charge in [-0.1, -0.05) is 68.5 Å². The summed E-state index contributed by atoms with van der Waals surface area (Å²) in [6, 6.07) is 2.24. The zero-order valence-corrected chi connectivity index (χ0v) is 20.9. The van der Waals surface area contributed by atoms with Crippen molar-refractivity contribution in [2.24, 2.45) is 0 Å². The zero-order chi connectivity index (χ0) is 15.3. The van der Waals surface area contributed by atoms with Crippen molar-refractivity contribution in [2.75, 3.05) is 0 Å². The summed E-state index contributed by atoms with van der Waals surface area (Å²) in [5.74, 6) is 0. The summed E-state index contributed by atoms with van der Waals surface area (Å²) >= 11 is 0. The zero-order valence-electron chi connectivity index (χ0n) is 15.9. The predicted molar refractivity (Wildman–Crippen MR) is 95.7 cm³/mol. The molecule has 0 N–H and O–H groups in total. The van der Waals surface area contributed by atoms with E-state index in [1.807, 2.05) is 0 Å². The van der Waals surface area contributed by atoms with Gasteiger partial charge in [-0.3, -0.25) is 0 Å². The molecule has 0 bridgehead atoms. The van der Waals surface area contributed by atoms with Gasteiger partial charge in [-0.2, -0.15) is 28.3 Å². The molecule has 0 amide bonds. The first-order chi connectivity index (χ1) is 8.59. The summed E-state index contributed by atoms with van der Waals surface area (Å²) in [4.78, 5) is 0. The summed E-state index contributed by atoms with van der Waals surface area (Å²) in [6.45, 7) is 23.1. The Balaban J connectivity index is -0.000000130. The van der Waals surface area contributed by atoms with Crippen LogP contribution in [0.3, 0.4) is 0 Å². The molecule has 0 spiro atoms. The second-order valence-electron chi connectivity index (χ2n) is 6.30. The summed E-state index contributed by atoms with van der Waals surface area (Å²) in [5.41, 5.74) is 7.63. The fraction of sp³-hybridized carbons (Fsp3) is 0.706. The second-order valence-corrected chi connectivity index (χ2v) is 15.3. The molecule has 0 heterocycles. The quantitative estimate of drug-likeness (QED) is 0.376. The van der Waals surface area contributed by atoms with Crippen molar-refractivity contribution >= 4 is 15.9 Å². The molecule has 0 atom stereocenters. The van der Waals surface area contributed by atoms with Gasteiger partial charge in [0.25, 0.3) is 0 Å². The third-order valence-corrected chi connectivity index (χ3v) is 13.3. The van der Waals surface area contributed by atoms with E-state index in [4.69, 9.17) is 0 Å². The van der Waals surface area contributed by atoms with Crippen LogP contribution in [0, 0.1) is 27.7 Å². The van der Waals surface area contributed by atoms with Gasteiger partial charge in [0.2, 0.25) is 0 Å². The van der Waals surface area contributed by atoms with E-state index < -0.39 is 0 Å². The van der Waals surface area contributed by atoms with Crippen LogP contribution in [0.15, 0.2) is 6.07 Å². The first kappa shape index (κ1) is 31.1. The topological polar surface area (TPSA) is 0 Å². The molecule has 5 heteroatoms. The first-order valence-corrected chi connectivity index (χ1v) is 12.2. The fourth-order valence-electron chi connectivity index (χ4n) is 2.76. The van der Waals surface area contributed by atoms with Crippen molar-refractivity contribution in [2.45, 2.75) is 79.8 Å². The Morgan fingerprint density at radius 3 is 1.09 bits per heavy atom. The van der Waals surface area contributed by atoms with Crippen LogP contribution in [0.5, 0.6) is 0 Å². The van der Waals surface area contributed by atoms with Gasteiger partial charge in [-0.15, -0.1) is 7.47 Å². The van der Waals surface area contributed by atoms with Crippen molar-refractivity contribution < 1.29 is 46.5 Å². The van der Waals surface area contributed by atoms with Gasteiger partial charge in [0.15, 0.2) is 0 Å². The summed E-state index contributed by atoms with van der Waals surface area (Å²) in [5, 5.41) is 0. The molecule has 128 valence electrons. The maximum absolute atomic E-state index is 2.45. The van der Waals surface area contributed by atoms with Gasteiger partial charge in [0.05, 0.1) is 8.46 Å². The summed E-state index contributed by atoms with van der Waals surface area (Å²) < 4.78 is 0. The molecular formula is C17H33Cl2PSiTi. The number of hydrogen-bond acceptors (Lipinski definition) is 0. The van der Waals surface area contributed by atoms with E-state index in [0.717, 1.165) is 11.3 Å². The van der Waals surface area contributed by atoms with Crippen molar-refractivity contribution in [3.05, 3.63) is 28.3 Å². The average molecular weight is 415 g/mol. The molecule has 0 unspecified atom stereocenters. The van der Waals surface area contributed by atoms with Gasteiger partial charge in [0, 0.05) is 0 Å². The molecule has 1 aromatic rings. The van der Waals surface area contributed by atoms with Gasteiger partial charge >= 0.3 is 21.7 Å². The van der Waals surface area contributed by atoms with Crippen LogP contribution in [-0.4, -0.2) is 19.8 Å². The molecule has 22 heavy (non-hydrogen) atoms. The Labute approximate surface area is 169 Å². The van der Waals surface area contributed by atoms with Crippen LogP contribution < -0.4 is 24.8 Å². The van der Waals surface area contributed by atoms with Gasteiger partial charge < -0.3 is 24.8 Å². The fourth-order valence-corrected chi connectivity index (χ4v) is 12.2. The van der Waals surface area contributed by atoms with Crippen LogP contribution >= 0.6 is 7.47 Å². The number of rotatable bonds is 3. The number of aryl methyl sites for hydroxylation is 2. The van der Waals surface area contributed by atoms with E-state index >= 15 is 0 Å². The van der Waals surface area contributed by atoms with Crippen LogP contribution in [0.2, 0.25) is 13.1 Å². The molecule has 0 saturated carbocycles. The predicted octanol–water partition coefficient (Wildman–Crippen LogP) is 0.181. The minimum atomic E-state index is -0.00720. The molecule has 0 aliphatic heterocycles. The van der Waals surface area contributed by atoms with Gasteiger partial charge in [0.1, 0.15) is 0 Å². The van der Waals surface area contributed by atoms with E-state index in [1.54, 1.807) is 0 Å². The smallest absolute Gasteiger partial charge is 1.00 e. The molecule has 0 aliphatic rings. The Kier molecular flexibility index (Phi) is 20.7. The van der Waals surface area contributed by atoms with Crippen molar-refractivity contribution in [3.8, 4) is 0 Å². The molecule has 1 rings (SSSR count). The van der Waals surface area contributed by atoms with Crippen LogP contribution in [-0.2, 0) is 21.7 Å². The minimum Gasteiger partial charge on any atom is -1.00 e. The largest absolute Gasteiger partial charge is 3.00 e. The van der Waals surface area contributed by atoms with E-state index in [0.29, 0.717) is 7.47 Å². The van der Waals surface area contributed by atoms with Crippen LogP contribution in [0.1, 0.15) is 49.9 Å². The third-order valence-electron chi connectivity index (χ3n) is 3.81. The molecular weight excluding hydrogens is 382 g/mol.